The molecule has 7 heterocycles. The average molecular weight is 1100 g/mol. The Labute approximate surface area is 338 Å². The molecular weight excluding hydrogens is 1060 g/mol. The van der Waals surface area contributed by atoms with E-state index in [1.54, 1.807) is 0 Å². The quantitative estimate of drug-likeness (QED) is 0.141. The minimum Gasteiger partial charge on any atom is -0.365 e. The van der Waals surface area contributed by atoms with Gasteiger partial charge < -0.3 is 28.4 Å². The van der Waals surface area contributed by atoms with Gasteiger partial charge in [0.1, 0.15) is 38.7 Å². The summed E-state index contributed by atoms with van der Waals surface area (Å²) in [5.74, 6) is 2.85. The molecule has 256 valence electrons. The van der Waals surface area contributed by atoms with Crippen LogP contribution >= 0.6 is 90.4 Å². The lowest BCUT2D eigenvalue weighted by atomic mass is 9.85. The van der Waals surface area contributed by atoms with E-state index >= 15 is 0 Å². The topological polar surface area (TPSA) is 60.6 Å². The summed E-state index contributed by atoms with van der Waals surface area (Å²) < 4.78 is 22.5. The highest BCUT2D eigenvalue weighted by molar-refractivity contribution is 14.1. The van der Waals surface area contributed by atoms with Gasteiger partial charge in [0.15, 0.2) is 0 Å². The van der Waals surface area contributed by atoms with Crippen molar-refractivity contribution in [3.8, 4) is 0 Å². The lowest BCUT2D eigenvalue weighted by Crippen LogP contribution is -2.51. The van der Waals surface area contributed by atoms with Gasteiger partial charge in [-0.2, -0.15) is 0 Å². The highest BCUT2D eigenvalue weighted by Gasteiger charge is 2.39. The minimum absolute atomic E-state index is 0.0405. The molecule has 3 fully saturated rings. The zero-order valence-corrected chi connectivity index (χ0v) is 36.1. The van der Waals surface area contributed by atoms with Crippen molar-refractivity contribution in [3.05, 3.63) is 97.2 Å². The number of aryl methyl sites for hydroxylation is 2. The summed E-state index contributed by atoms with van der Waals surface area (Å²) in [7, 11) is 4.19. The number of ether oxygens (including phenoxy) is 2. The smallest absolute Gasteiger partial charge is 0.144 e. The van der Waals surface area contributed by atoms with Gasteiger partial charge in [-0.25, -0.2) is 9.97 Å². The molecule has 3 unspecified atom stereocenters. The molecule has 48 heavy (non-hydrogen) atoms. The van der Waals surface area contributed by atoms with E-state index in [1.807, 2.05) is 0 Å². The Morgan fingerprint density at radius 1 is 0.750 bits per heavy atom. The van der Waals surface area contributed by atoms with Crippen LogP contribution < -0.4 is 0 Å². The van der Waals surface area contributed by atoms with Gasteiger partial charge in [-0.05, 0) is 184 Å². The van der Waals surface area contributed by atoms with Crippen molar-refractivity contribution < 1.29 is 9.47 Å². The zero-order valence-electron chi connectivity index (χ0n) is 27.4. The summed E-state index contributed by atoms with van der Waals surface area (Å²) in [6.07, 6.45) is 5.90. The van der Waals surface area contributed by atoms with Crippen LogP contribution in [0.3, 0.4) is 0 Å². The highest BCUT2D eigenvalue weighted by atomic mass is 127. The van der Waals surface area contributed by atoms with Crippen LogP contribution in [-0.4, -0.2) is 81.9 Å². The maximum absolute atomic E-state index is 6.84. The molecule has 0 spiro atoms. The number of halogens is 4. The average Bonchev–Trinajstić information content (AvgIpc) is 3.40. The normalized spacial score (nSPS) is 24.1. The third-order valence-electron chi connectivity index (χ3n) is 10.1. The Bertz CT molecular complexity index is 1730. The molecule has 2 aromatic carbocycles. The Kier molecular flexibility index (Phi) is 12.1. The molecule has 3 atom stereocenters. The molecule has 0 amide bonds. The largest absolute Gasteiger partial charge is 0.365 e. The van der Waals surface area contributed by atoms with E-state index in [4.69, 9.17) is 19.4 Å². The fourth-order valence-electron chi connectivity index (χ4n) is 7.56. The third kappa shape index (κ3) is 7.70. The van der Waals surface area contributed by atoms with Gasteiger partial charge in [-0.15, -0.1) is 0 Å². The second kappa shape index (κ2) is 16.1. The summed E-state index contributed by atoms with van der Waals surface area (Å²) in [6.45, 7) is 7.32. The number of fused-ring (bicyclic) bond motifs is 7. The first kappa shape index (κ1) is 36.0. The number of nitrogens with zero attached hydrogens (tertiary/aromatic N) is 6. The van der Waals surface area contributed by atoms with Gasteiger partial charge in [0, 0.05) is 26.2 Å². The maximum Gasteiger partial charge on any atom is 0.144 e. The summed E-state index contributed by atoms with van der Waals surface area (Å²) in [6, 6.07) is 17.4. The van der Waals surface area contributed by atoms with Crippen LogP contribution in [0.25, 0.3) is 0 Å². The SMILES string of the molecule is CN(C)CCCOC1c2ccccc2CCn2c1nc(I)c2I.Ic1nc2n(c1I)CCc1ccccc1C2OC1CN2CCC1CC2. The van der Waals surface area contributed by atoms with Gasteiger partial charge >= 0.3 is 0 Å². The molecule has 0 radical (unpaired) electrons. The van der Waals surface area contributed by atoms with E-state index in [9.17, 15) is 0 Å². The van der Waals surface area contributed by atoms with Crippen LogP contribution in [0, 0.1) is 20.7 Å². The fraction of sp³-hybridized carbons (Fsp3) is 0.500. The van der Waals surface area contributed by atoms with Crippen LogP contribution in [0.1, 0.15) is 65.4 Å². The van der Waals surface area contributed by atoms with Crippen LogP contribution in [-0.2, 0) is 35.4 Å². The van der Waals surface area contributed by atoms with Crippen molar-refractivity contribution in [3.63, 3.8) is 0 Å². The Balaban J connectivity index is 0.000000153. The minimum atomic E-state index is -0.0621. The van der Waals surface area contributed by atoms with E-state index in [1.165, 1.54) is 55.6 Å². The van der Waals surface area contributed by atoms with Gasteiger partial charge in [-0.3, -0.25) is 0 Å². The highest BCUT2D eigenvalue weighted by Crippen LogP contribution is 2.39. The van der Waals surface area contributed by atoms with Gasteiger partial charge in [-0.1, -0.05) is 48.5 Å². The van der Waals surface area contributed by atoms with Crippen molar-refractivity contribution in [1.82, 2.24) is 28.9 Å². The fourth-order valence-corrected chi connectivity index (χ4v) is 9.86. The molecule has 2 bridgehead atoms. The molecule has 9 rings (SSSR count). The lowest BCUT2D eigenvalue weighted by molar-refractivity contribution is -0.0952. The van der Waals surface area contributed by atoms with E-state index in [2.05, 4.69) is 172 Å². The van der Waals surface area contributed by atoms with Gasteiger partial charge in [0.2, 0.25) is 0 Å². The van der Waals surface area contributed by atoms with E-state index in [-0.39, 0.29) is 12.2 Å². The van der Waals surface area contributed by atoms with Crippen molar-refractivity contribution >= 4 is 90.4 Å². The van der Waals surface area contributed by atoms with Gasteiger partial charge in [0.25, 0.3) is 0 Å². The first-order chi connectivity index (χ1) is 23.3. The van der Waals surface area contributed by atoms with Crippen molar-refractivity contribution in [1.29, 1.82) is 0 Å². The first-order valence-corrected chi connectivity index (χ1v) is 21.2. The van der Waals surface area contributed by atoms with Crippen molar-refractivity contribution in [2.24, 2.45) is 5.92 Å². The number of imidazole rings is 2. The lowest BCUT2D eigenvalue weighted by Gasteiger charge is -2.45. The predicted octanol–water partition coefficient (Wildman–Crippen LogP) is 7.55. The number of aromatic nitrogens is 4. The van der Waals surface area contributed by atoms with E-state index in [0.29, 0.717) is 12.0 Å². The van der Waals surface area contributed by atoms with Gasteiger partial charge in [0.05, 0.1) is 6.10 Å². The van der Waals surface area contributed by atoms with E-state index < -0.39 is 0 Å². The Morgan fingerprint density at radius 2 is 1.29 bits per heavy atom. The summed E-state index contributed by atoms with van der Waals surface area (Å²) in [4.78, 5) is 14.5. The molecule has 3 saturated heterocycles. The molecule has 5 aliphatic rings. The number of hydrogen-bond acceptors (Lipinski definition) is 6. The third-order valence-corrected chi connectivity index (χ3v) is 15.8. The standard InChI is InChI=1S/C19H21I2N3O.C17H21I2N3O/c20-17-18(21)24-10-7-12-3-1-2-4-14(12)16(19(24)22-17)25-15-11-23-8-5-13(15)6-9-23;1-21(2)9-5-11-23-14-13-7-4-3-6-12(13)8-10-22-16(19)15(18)20-17(14)22/h1-4,13,15-16H,5-11H2;3-4,6-7,14H,5,8-11H2,1-2H3. The summed E-state index contributed by atoms with van der Waals surface area (Å²) in [5, 5.41) is 0. The monoisotopic (exact) mass is 1100 g/mol. The number of hydrogen-bond donors (Lipinski definition) is 0. The molecule has 4 aromatic rings. The second-order valence-corrected chi connectivity index (χ2v) is 17.5. The second-order valence-electron chi connectivity index (χ2n) is 13.4. The van der Waals surface area contributed by atoms with Crippen molar-refractivity contribution in [2.45, 2.75) is 63.5 Å². The molecule has 0 N–H and O–H groups in total. The predicted molar refractivity (Wildman–Crippen MR) is 222 cm³/mol. The molecule has 5 aliphatic heterocycles. The molecule has 2 aromatic heterocycles. The van der Waals surface area contributed by atoms with Crippen LogP contribution in [0.4, 0.5) is 0 Å². The first-order valence-electron chi connectivity index (χ1n) is 16.9. The maximum atomic E-state index is 6.84. The summed E-state index contributed by atoms with van der Waals surface area (Å²) in [5.41, 5.74) is 5.37. The number of benzene rings is 2. The van der Waals surface area contributed by atoms with E-state index in [0.717, 1.165) is 71.1 Å². The molecule has 12 heteroatoms. The van der Waals surface area contributed by atoms with Crippen LogP contribution in [0.5, 0.6) is 0 Å². The Hall–Kier alpha value is -0.380. The summed E-state index contributed by atoms with van der Waals surface area (Å²) >= 11 is 9.50. The molecule has 0 saturated carbocycles. The number of piperidine rings is 3. The van der Waals surface area contributed by atoms with Crippen LogP contribution in [0.15, 0.2) is 48.5 Å². The molecule has 8 nitrogen and oxygen atoms in total. The Morgan fingerprint density at radius 3 is 1.83 bits per heavy atom. The molecule has 0 aliphatic carbocycles. The zero-order chi connectivity index (χ0) is 33.4. The molecular formula is C36H42I4N6O2. The van der Waals surface area contributed by atoms with Crippen LogP contribution in [0.2, 0.25) is 0 Å². The number of rotatable bonds is 7. The van der Waals surface area contributed by atoms with Crippen molar-refractivity contribution in [2.75, 3.05) is 46.9 Å².